The Balaban J connectivity index is 1.91. The van der Waals surface area contributed by atoms with Crippen molar-refractivity contribution in [1.82, 2.24) is 9.80 Å². The Hall–Kier alpha value is -0.770. The van der Waals surface area contributed by atoms with Crippen LogP contribution in [0.2, 0.25) is 5.02 Å². The SMILES string of the molecule is CC(C)N1CCN(Cc2ccc(Cl)cc2N)CC1. The van der Waals surface area contributed by atoms with Crippen molar-refractivity contribution < 1.29 is 0 Å². The van der Waals surface area contributed by atoms with Crippen LogP contribution in [0.4, 0.5) is 5.69 Å². The minimum Gasteiger partial charge on any atom is -0.398 e. The number of nitrogens with two attached hydrogens (primary N) is 1. The second kappa shape index (κ2) is 5.91. The van der Waals surface area contributed by atoms with Crippen molar-refractivity contribution in [3.05, 3.63) is 28.8 Å². The van der Waals surface area contributed by atoms with E-state index < -0.39 is 0 Å². The Morgan fingerprint density at radius 3 is 2.44 bits per heavy atom. The number of hydrogen-bond acceptors (Lipinski definition) is 3. The average molecular weight is 268 g/mol. The molecule has 0 spiro atoms. The summed E-state index contributed by atoms with van der Waals surface area (Å²) in [5, 5.41) is 0.709. The molecule has 2 rings (SSSR count). The molecular weight excluding hydrogens is 246 g/mol. The molecule has 0 aliphatic carbocycles. The van der Waals surface area contributed by atoms with Gasteiger partial charge in [-0.1, -0.05) is 17.7 Å². The summed E-state index contributed by atoms with van der Waals surface area (Å²) in [7, 11) is 0. The average Bonchev–Trinajstić information content (AvgIpc) is 2.33. The lowest BCUT2D eigenvalue weighted by Crippen LogP contribution is -2.48. The minimum absolute atomic E-state index is 0.646. The highest BCUT2D eigenvalue weighted by atomic mass is 35.5. The molecule has 0 amide bonds. The standard InChI is InChI=1S/C14H22ClN3/c1-11(2)18-7-5-17(6-8-18)10-12-3-4-13(15)9-14(12)16/h3-4,9,11H,5-8,10,16H2,1-2H3. The van der Waals surface area contributed by atoms with Crippen LogP contribution in [0.15, 0.2) is 18.2 Å². The number of hydrogen-bond donors (Lipinski definition) is 1. The highest BCUT2D eigenvalue weighted by Gasteiger charge is 2.19. The maximum absolute atomic E-state index is 5.99. The molecular formula is C14H22ClN3. The van der Waals surface area contributed by atoms with Gasteiger partial charge in [0.25, 0.3) is 0 Å². The fourth-order valence-electron chi connectivity index (χ4n) is 2.39. The van der Waals surface area contributed by atoms with Crippen LogP contribution in [0.25, 0.3) is 0 Å². The molecule has 18 heavy (non-hydrogen) atoms. The molecule has 1 aromatic carbocycles. The summed E-state index contributed by atoms with van der Waals surface area (Å²) in [4.78, 5) is 4.97. The molecule has 2 N–H and O–H groups in total. The number of benzene rings is 1. The van der Waals surface area contributed by atoms with Crippen molar-refractivity contribution in [2.24, 2.45) is 0 Å². The zero-order valence-electron chi connectivity index (χ0n) is 11.2. The molecule has 1 aromatic rings. The van der Waals surface area contributed by atoms with Gasteiger partial charge in [0.05, 0.1) is 0 Å². The van der Waals surface area contributed by atoms with Gasteiger partial charge in [-0.15, -0.1) is 0 Å². The van der Waals surface area contributed by atoms with Crippen LogP contribution in [0.5, 0.6) is 0 Å². The maximum atomic E-state index is 5.99. The first kappa shape index (κ1) is 13.7. The van der Waals surface area contributed by atoms with E-state index in [0.29, 0.717) is 11.1 Å². The molecule has 1 aliphatic rings. The lowest BCUT2D eigenvalue weighted by atomic mass is 10.1. The van der Waals surface area contributed by atoms with Crippen LogP contribution in [0.3, 0.4) is 0 Å². The first-order valence-electron chi connectivity index (χ1n) is 6.56. The fourth-order valence-corrected chi connectivity index (χ4v) is 2.57. The number of anilines is 1. The van der Waals surface area contributed by atoms with E-state index in [2.05, 4.69) is 23.6 Å². The zero-order chi connectivity index (χ0) is 13.1. The first-order valence-corrected chi connectivity index (χ1v) is 6.94. The number of nitrogens with zero attached hydrogens (tertiary/aromatic N) is 2. The van der Waals surface area contributed by atoms with E-state index in [0.717, 1.165) is 38.4 Å². The van der Waals surface area contributed by atoms with Gasteiger partial charge in [-0.05, 0) is 31.5 Å². The molecule has 0 unspecified atom stereocenters. The zero-order valence-corrected chi connectivity index (χ0v) is 12.0. The molecule has 1 heterocycles. The lowest BCUT2D eigenvalue weighted by molar-refractivity contribution is 0.104. The molecule has 3 nitrogen and oxygen atoms in total. The molecule has 1 fully saturated rings. The monoisotopic (exact) mass is 267 g/mol. The van der Waals surface area contributed by atoms with Crippen molar-refractivity contribution in [3.8, 4) is 0 Å². The summed E-state index contributed by atoms with van der Waals surface area (Å²) < 4.78 is 0. The molecule has 4 heteroatoms. The Morgan fingerprint density at radius 2 is 1.89 bits per heavy atom. The normalized spacial score (nSPS) is 18.4. The second-order valence-electron chi connectivity index (χ2n) is 5.25. The van der Waals surface area contributed by atoms with Crippen molar-refractivity contribution in [1.29, 1.82) is 0 Å². The van der Waals surface area contributed by atoms with Crippen molar-refractivity contribution in [2.75, 3.05) is 31.9 Å². The lowest BCUT2D eigenvalue weighted by Gasteiger charge is -2.37. The molecule has 0 radical (unpaired) electrons. The first-order chi connectivity index (χ1) is 8.56. The van der Waals surface area contributed by atoms with Gasteiger partial charge in [0.1, 0.15) is 0 Å². The third-order valence-electron chi connectivity index (χ3n) is 3.64. The van der Waals surface area contributed by atoms with Crippen molar-refractivity contribution in [3.63, 3.8) is 0 Å². The van der Waals surface area contributed by atoms with Gasteiger partial charge in [-0.2, -0.15) is 0 Å². The van der Waals surface area contributed by atoms with Gasteiger partial charge in [0.15, 0.2) is 0 Å². The van der Waals surface area contributed by atoms with Gasteiger partial charge in [-0.3, -0.25) is 9.80 Å². The van der Waals surface area contributed by atoms with Gasteiger partial charge in [0, 0.05) is 49.5 Å². The molecule has 1 aliphatic heterocycles. The Morgan fingerprint density at radius 1 is 1.22 bits per heavy atom. The predicted octanol–water partition coefficient (Wildman–Crippen LogP) is 2.45. The third-order valence-corrected chi connectivity index (χ3v) is 3.87. The summed E-state index contributed by atoms with van der Waals surface area (Å²) >= 11 is 5.91. The quantitative estimate of drug-likeness (QED) is 0.854. The second-order valence-corrected chi connectivity index (χ2v) is 5.69. The van der Waals surface area contributed by atoms with Crippen molar-refractivity contribution >= 4 is 17.3 Å². The van der Waals surface area contributed by atoms with Crippen LogP contribution in [-0.4, -0.2) is 42.0 Å². The van der Waals surface area contributed by atoms with Crippen molar-refractivity contribution in [2.45, 2.75) is 26.4 Å². The number of rotatable bonds is 3. The minimum atomic E-state index is 0.646. The van der Waals surface area contributed by atoms with Gasteiger partial charge < -0.3 is 5.73 Å². The topological polar surface area (TPSA) is 32.5 Å². The fraction of sp³-hybridized carbons (Fsp3) is 0.571. The van der Waals surface area contributed by atoms with Crippen LogP contribution in [0, 0.1) is 0 Å². The number of nitrogen functional groups attached to an aromatic ring is 1. The Bertz CT molecular complexity index is 398. The van der Waals surface area contributed by atoms with E-state index >= 15 is 0 Å². The van der Waals surface area contributed by atoms with Gasteiger partial charge in [-0.25, -0.2) is 0 Å². The summed E-state index contributed by atoms with van der Waals surface area (Å²) in [5.41, 5.74) is 7.97. The third kappa shape index (κ3) is 3.37. The predicted molar refractivity (Wildman–Crippen MR) is 77.9 cm³/mol. The molecule has 100 valence electrons. The molecule has 0 atom stereocenters. The number of halogens is 1. The smallest absolute Gasteiger partial charge is 0.0426 e. The highest BCUT2D eigenvalue weighted by Crippen LogP contribution is 2.20. The maximum Gasteiger partial charge on any atom is 0.0426 e. The molecule has 0 saturated carbocycles. The van der Waals surface area contributed by atoms with Gasteiger partial charge in [0.2, 0.25) is 0 Å². The number of piperazine rings is 1. The van der Waals surface area contributed by atoms with Crippen LogP contribution in [0.1, 0.15) is 19.4 Å². The Kier molecular flexibility index (Phi) is 4.49. The summed E-state index contributed by atoms with van der Waals surface area (Å²) in [5.74, 6) is 0. The largest absolute Gasteiger partial charge is 0.398 e. The van der Waals surface area contributed by atoms with E-state index in [1.165, 1.54) is 5.56 Å². The van der Waals surface area contributed by atoms with E-state index in [-0.39, 0.29) is 0 Å². The van der Waals surface area contributed by atoms with Crippen LogP contribution < -0.4 is 5.73 Å². The summed E-state index contributed by atoms with van der Waals surface area (Å²) in [6.45, 7) is 9.95. The summed E-state index contributed by atoms with van der Waals surface area (Å²) in [6.07, 6.45) is 0. The van der Waals surface area contributed by atoms with E-state index in [4.69, 9.17) is 17.3 Å². The van der Waals surface area contributed by atoms with E-state index in [1.807, 2.05) is 18.2 Å². The van der Waals surface area contributed by atoms with E-state index in [1.54, 1.807) is 0 Å². The molecule has 1 saturated heterocycles. The van der Waals surface area contributed by atoms with E-state index in [9.17, 15) is 0 Å². The van der Waals surface area contributed by atoms with Crippen LogP contribution in [-0.2, 0) is 6.54 Å². The molecule has 0 bridgehead atoms. The van der Waals surface area contributed by atoms with Crippen LogP contribution >= 0.6 is 11.6 Å². The van der Waals surface area contributed by atoms with Gasteiger partial charge >= 0.3 is 0 Å². The summed E-state index contributed by atoms with van der Waals surface area (Å²) in [6, 6.07) is 6.43. The molecule has 0 aromatic heterocycles. The Labute approximate surface area is 115 Å². The highest BCUT2D eigenvalue weighted by molar-refractivity contribution is 6.30.